The molecule has 1 aromatic carbocycles. The van der Waals surface area contributed by atoms with Gasteiger partial charge in [-0.2, -0.15) is 0 Å². The minimum absolute atomic E-state index is 0.490. The van der Waals surface area contributed by atoms with Crippen LogP contribution in [0.5, 0.6) is 5.75 Å². The van der Waals surface area contributed by atoms with Crippen LogP contribution < -0.4 is 4.74 Å². The molecule has 0 atom stereocenters. The zero-order valence-corrected chi connectivity index (χ0v) is 11.8. The number of hydrogen-bond donors (Lipinski definition) is 0. The number of aryl methyl sites for hydroxylation is 3. The highest BCUT2D eigenvalue weighted by atomic mass is 79.9. The number of benzene rings is 1. The first-order valence-electron chi connectivity index (χ1n) is 5.43. The first kappa shape index (κ1) is 12.2. The van der Waals surface area contributed by atoms with Crippen molar-refractivity contribution in [1.29, 1.82) is 0 Å². The smallest absolute Gasteiger partial charge is 0.146 e. The maximum atomic E-state index is 5.74. The molecule has 0 saturated carbocycles. The lowest BCUT2D eigenvalue weighted by molar-refractivity contribution is 0.291. The topological polar surface area (TPSA) is 27.1 Å². The van der Waals surface area contributed by atoms with Crippen LogP contribution in [0.15, 0.2) is 29.0 Å². The number of hydrogen-bond acceptors (Lipinski definition) is 2. The molecule has 0 aliphatic carbocycles. The molecule has 0 radical (unpaired) electrons. The number of rotatable bonds is 3. The Labute approximate surface area is 110 Å². The van der Waals surface area contributed by atoms with Gasteiger partial charge in [-0.25, -0.2) is 4.98 Å². The van der Waals surface area contributed by atoms with Crippen molar-refractivity contribution in [2.24, 2.45) is 7.05 Å². The van der Waals surface area contributed by atoms with Crippen LogP contribution in [-0.4, -0.2) is 9.55 Å². The average molecular weight is 295 g/mol. The van der Waals surface area contributed by atoms with Crippen molar-refractivity contribution in [3.8, 4) is 5.75 Å². The predicted molar refractivity (Wildman–Crippen MR) is 71.2 cm³/mol. The Morgan fingerprint density at radius 3 is 2.47 bits per heavy atom. The molecule has 4 heteroatoms. The molecule has 1 heterocycles. The van der Waals surface area contributed by atoms with Crippen molar-refractivity contribution in [3.05, 3.63) is 46.0 Å². The average Bonchev–Trinajstić information content (AvgIpc) is 2.69. The monoisotopic (exact) mass is 294 g/mol. The third kappa shape index (κ3) is 2.69. The van der Waals surface area contributed by atoms with Crippen LogP contribution in [-0.2, 0) is 13.7 Å². The van der Waals surface area contributed by atoms with Crippen LogP contribution in [0.2, 0.25) is 0 Å². The van der Waals surface area contributed by atoms with Crippen LogP contribution in [0.25, 0.3) is 0 Å². The summed E-state index contributed by atoms with van der Waals surface area (Å²) in [5.41, 5.74) is 2.36. The van der Waals surface area contributed by atoms with Gasteiger partial charge in [-0.3, -0.25) is 0 Å². The molecule has 2 rings (SSSR count). The maximum Gasteiger partial charge on any atom is 0.146 e. The maximum absolute atomic E-state index is 5.74. The van der Waals surface area contributed by atoms with Crippen LogP contribution in [0.3, 0.4) is 0 Å². The lowest BCUT2D eigenvalue weighted by Gasteiger charge is -2.10. The van der Waals surface area contributed by atoms with Crippen molar-refractivity contribution < 1.29 is 4.74 Å². The summed E-state index contributed by atoms with van der Waals surface area (Å²) in [6.45, 7) is 4.61. The second kappa shape index (κ2) is 4.92. The van der Waals surface area contributed by atoms with E-state index in [1.807, 2.05) is 29.9 Å². The molecule has 90 valence electrons. The molecule has 0 N–H and O–H groups in total. The van der Waals surface area contributed by atoms with E-state index in [0.29, 0.717) is 6.61 Å². The minimum Gasteiger partial charge on any atom is -0.486 e. The number of nitrogens with zero attached hydrogens (tertiary/aromatic N) is 2. The Kier molecular flexibility index (Phi) is 3.52. The molecule has 0 saturated heterocycles. The van der Waals surface area contributed by atoms with Gasteiger partial charge in [0.2, 0.25) is 0 Å². The number of ether oxygens (including phenoxy) is 1. The zero-order chi connectivity index (χ0) is 12.4. The number of halogens is 1. The highest BCUT2D eigenvalue weighted by Gasteiger charge is 2.05. The van der Waals surface area contributed by atoms with E-state index in [1.165, 1.54) is 11.1 Å². The van der Waals surface area contributed by atoms with Gasteiger partial charge in [0, 0.05) is 23.9 Å². The summed E-state index contributed by atoms with van der Waals surface area (Å²) in [6.07, 6.45) is 3.69. The van der Waals surface area contributed by atoms with Crippen molar-refractivity contribution in [1.82, 2.24) is 9.55 Å². The van der Waals surface area contributed by atoms with Crippen LogP contribution in [0.4, 0.5) is 0 Å². The fraction of sp³-hybridized carbons (Fsp3) is 0.308. The molecule has 17 heavy (non-hydrogen) atoms. The van der Waals surface area contributed by atoms with E-state index in [4.69, 9.17) is 4.74 Å². The Morgan fingerprint density at radius 2 is 1.94 bits per heavy atom. The normalized spacial score (nSPS) is 10.6. The summed E-state index contributed by atoms with van der Waals surface area (Å²) >= 11 is 3.54. The summed E-state index contributed by atoms with van der Waals surface area (Å²) in [7, 11) is 1.96. The number of imidazole rings is 1. The molecule has 0 amide bonds. The standard InChI is InChI=1S/C13H15BrN2O/c1-9-6-11(7-10(2)13(9)14)17-8-12-15-4-5-16(12)3/h4-7H,8H2,1-3H3. The fourth-order valence-corrected chi connectivity index (χ4v) is 1.90. The molecule has 1 aromatic heterocycles. The quantitative estimate of drug-likeness (QED) is 0.868. The second-order valence-electron chi connectivity index (χ2n) is 4.11. The second-order valence-corrected chi connectivity index (χ2v) is 4.91. The molecule has 0 fully saturated rings. The Bertz CT molecular complexity index is 511. The number of aromatic nitrogens is 2. The van der Waals surface area contributed by atoms with E-state index < -0.39 is 0 Å². The van der Waals surface area contributed by atoms with E-state index in [-0.39, 0.29) is 0 Å². The van der Waals surface area contributed by atoms with Gasteiger partial charge < -0.3 is 9.30 Å². The van der Waals surface area contributed by atoms with Gasteiger partial charge >= 0.3 is 0 Å². The van der Waals surface area contributed by atoms with Gasteiger partial charge in [0.15, 0.2) is 0 Å². The third-order valence-corrected chi connectivity index (χ3v) is 3.95. The van der Waals surface area contributed by atoms with Crippen LogP contribution >= 0.6 is 15.9 Å². The fourth-order valence-electron chi connectivity index (χ4n) is 1.67. The first-order valence-corrected chi connectivity index (χ1v) is 6.23. The summed E-state index contributed by atoms with van der Waals surface area (Å²) in [4.78, 5) is 4.22. The lowest BCUT2D eigenvalue weighted by atomic mass is 10.1. The SMILES string of the molecule is Cc1cc(OCc2nccn2C)cc(C)c1Br. The summed E-state index contributed by atoms with van der Waals surface area (Å²) in [5.74, 6) is 1.80. The van der Waals surface area contributed by atoms with E-state index in [1.54, 1.807) is 6.20 Å². The highest BCUT2D eigenvalue weighted by molar-refractivity contribution is 9.10. The van der Waals surface area contributed by atoms with Gasteiger partial charge in [-0.1, -0.05) is 15.9 Å². The largest absolute Gasteiger partial charge is 0.486 e. The summed E-state index contributed by atoms with van der Waals surface area (Å²) < 4.78 is 8.84. The lowest BCUT2D eigenvalue weighted by Crippen LogP contribution is -2.03. The van der Waals surface area contributed by atoms with Crippen LogP contribution in [0, 0.1) is 13.8 Å². The van der Waals surface area contributed by atoms with Gasteiger partial charge in [0.1, 0.15) is 18.2 Å². The zero-order valence-electron chi connectivity index (χ0n) is 10.2. The van der Waals surface area contributed by atoms with E-state index in [9.17, 15) is 0 Å². The molecule has 2 aromatic rings. The molecule has 0 aliphatic rings. The molecule has 0 spiro atoms. The van der Waals surface area contributed by atoms with Crippen molar-refractivity contribution in [2.75, 3.05) is 0 Å². The molecule has 3 nitrogen and oxygen atoms in total. The van der Waals surface area contributed by atoms with Gasteiger partial charge in [-0.15, -0.1) is 0 Å². The van der Waals surface area contributed by atoms with Crippen molar-refractivity contribution in [3.63, 3.8) is 0 Å². The van der Waals surface area contributed by atoms with E-state index in [0.717, 1.165) is 16.0 Å². The van der Waals surface area contributed by atoms with Crippen molar-refractivity contribution >= 4 is 15.9 Å². The summed E-state index contributed by atoms with van der Waals surface area (Å²) in [6, 6.07) is 4.06. The Morgan fingerprint density at radius 1 is 1.29 bits per heavy atom. The van der Waals surface area contributed by atoms with Crippen molar-refractivity contribution in [2.45, 2.75) is 20.5 Å². The highest BCUT2D eigenvalue weighted by Crippen LogP contribution is 2.26. The first-order chi connectivity index (χ1) is 8.08. The third-order valence-electron chi connectivity index (χ3n) is 2.70. The minimum atomic E-state index is 0.490. The molecule has 0 bridgehead atoms. The predicted octanol–water partition coefficient (Wildman–Crippen LogP) is 3.38. The van der Waals surface area contributed by atoms with Gasteiger partial charge in [-0.05, 0) is 37.1 Å². The molecular formula is C13H15BrN2O. The van der Waals surface area contributed by atoms with Gasteiger partial charge in [0.05, 0.1) is 0 Å². The van der Waals surface area contributed by atoms with E-state index >= 15 is 0 Å². The summed E-state index contributed by atoms with van der Waals surface area (Å²) in [5, 5.41) is 0. The van der Waals surface area contributed by atoms with E-state index in [2.05, 4.69) is 34.8 Å². The molecular weight excluding hydrogens is 280 g/mol. The Hall–Kier alpha value is -1.29. The molecule has 0 aliphatic heterocycles. The Balaban J connectivity index is 2.12. The van der Waals surface area contributed by atoms with Crippen LogP contribution in [0.1, 0.15) is 17.0 Å². The molecule has 0 unspecified atom stereocenters. The van der Waals surface area contributed by atoms with Gasteiger partial charge in [0.25, 0.3) is 0 Å².